The predicted octanol–water partition coefficient (Wildman–Crippen LogP) is 2.65. The molecule has 0 aliphatic rings. The Morgan fingerprint density at radius 1 is 1.19 bits per heavy atom. The molecule has 2 rings (SSSR count). The highest BCUT2D eigenvalue weighted by Crippen LogP contribution is 2.17. The van der Waals surface area contributed by atoms with Crippen LogP contribution >= 0.6 is 15.9 Å². The predicted molar refractivity (Wildman–Crippen MR) is 64.8 cm³/mol. The molecule has 0 fully saturated rings. The average molecular weight is 279 g/mol. The van der Waals surface area contributed by atoms with E-state index >= 15 is 0 Å². The number of hydrogen-bond acceptors (Lipinski definition) is 4. The fourth-order valence-corrected chi connectivity index (χ4v) is 1.78. The van der Waals surface area contributed by atoms with E-state index in [-0.39, 0.29) is 0 Å². The van der Waals surface area contributed by atoms with E-state index in [0.717, 1.165) is 34.7 Å². The molecule has 2 aromatic heterocycles. The number of aromatic nitrogens is 4. The van der Waals surface area contributed by atoms with Crippen molar-refractivity contribution in [1.29, 1.82) is 0 Å². The quantitative estimate of drug-likeness (QED) is 0.810. The minimum absolute atomic E-state index is 0.767. The third-order valence-corrected chi connectivity index (χ3v) is 2.45. The lowest BCUT2D eigenvalue weighted by Crippen LogP contribution is -1.98. The SMILES string of the molecule is CCCc1nc(Br)cc(-c2cnccn2)n1. The second-order valence-electron chi connectivity index (χ2n) is 3.33. The van der Waals surface area contributed by atoms with Gasteiger partial charge in [0.1, 0.15) is 16.1 Å². The first-order valence-corrected chi connectivity index (χ1v) is 5.88. The van der Waals surface area contributed by atoms with Crippen molar-refractivity contribution in [2.75, 3.05) is 0 Å². The Kier molecular flexibility index (Phi) is 3.56. The third-order valence-electron chi connectivity index (χ3n) is 2.04. The first-order valence-electron chi connectivity index (χ1n) is 5.09. The van der Waals surface area contributed by atoms with Gasteiger partial charge in [-0.1, -0.05) is 6.92 Å². The Balaban J connectivity index is 2.41. The summed E-state index contributed by atoms with van der Waals surface area (Å²) in [5.74, 6) is 0.831. The molecule has 0 unspecified atom stereocenters. The molecule has 0 amide bonds. The van der Waals surface area contributed by atoms with E-state index in [0.29, 0.717) is 0 Å². The summed E-state index contributed by atoms with van der Waals surface area (Å²) in [4.78, 5) is 17.0. The summed E-state index contributed by atoms with van der Waals surface area (Å²) in [6.07, 6.45) is 6.89. The monoisotopic (exact) mass is 278 g/mol. The first kappa shape index (κ1) is 11.1. The van der Waals surface area contributed by atoms with E-state index in [2.05, 4.69) is 42.8 Å². The zero-order valence-electron chi connectivity index (χ0n) is 8.89. The molecule has 0 bridgehead atoms. The van der Waals surface area contributed by atoms with Gasteiger partial charge in [0.15, 0.2) is 0 Å². The maximum absolute atomic E-state index is 4.45. The highest BCUT2D eigenvalue weighted by Gasteiger charge is 2.05. The lowest BCUT2D eigenvalue weighted by Gasteiger charge is -2.03. The summed E-state index contributed by atoms with van der Waals surface area (Å²) in [5, 5.41) is 0. The zero-order valence-corrected chi connectivity index (χ0v) is 10.5. The van der Waals surface area contributed by atoms with Crippen LogP contribution in [0.2, 0.25) is 0 Å². The molecule has 0 aliphatic heterocycles. The van der Waals surface area contributed by atoms with Crippen molar-refractivity contribution in [1.82, 2.24) is 19.9 Å². The largest absolute Gasteiger partial charge is 0.261 e. The lowest BCUT2D eigenvalue weighted by atomic mass is 10.3. The van der Waals surface area contributed by atoms with Gasteiger partial charge >= 0.3 is 0 Å². The number of aryl methyl sites for hydroxylation is 1. The van der Waals surface area contributed by atoms with Gasteiger partial charge < -0.3 is 0 Å². The Morgan fingerprint density at radius 2 is 2.06 bits per heavy atom. The fourth-order valence-electron chi connectivity index (χ4n) is 1.36. The van der Waals surface area contributed by atoms with E-state index in [1.165, 1.54) is 0 Å². The minimum atomic E-state index is 0.767. The summed E-state index contributed by atoms with van der Waals surface area (Å²) in [7, 11) is 0. The highest BCUT2D eigenvalue weighted by molar-refractivity contribution is 9.10. The minimum Gasteiger partial charge on any atom is -0.261 e. The van der Waals surface area contributed by atoms with Crippen LogP contribution in [0.3, 0.4) is 0 Å². The van der Waals surface area contributed by atoms with Gasteiger partial charge in [-0.15, -0.1) is 0 Å². The number of halogens is 1. The second kappa shape index (κ2) is 5.12. The van der Waals surface area contributed by atoms with Gasteiger partial charge in [-0.2, -0.15) is 0 Å². The lowest BCUT2D eigenvalue weighted by molar-refractivity contribution is 0.830. The van der Waals surface area contributed by atoms with Crippen molar-refractivity contribution in [2.45, 2.75) is 19.8 Å². The molecule has 0 spiro atoms. The van der Waals surface area contributed by atoms with Crippen molar-refractivity contribution in [3.8, 4) is 11.4 Å². The number of rotatable bonds is 3. The van der Waals surface area contributed by atoms with Gasteiger partial charge in [-0.25, -0.2) is 9.97 Å². The second-order valence-corrected chi connectivity index (χ2v) is 4.15. The molecule has 0 saturated heterocycles. The summed E-state index contributed by atoms with van der Waals surface area (Å²) < 4.78 is 0.784. The Labute approximate surface area is 102 Å². The van der Waals surface area contributed by atoms with Crippen LogP contribution in [0.25, 0.3) is 11.4 Å². The molecule has 16 heavy (non-hydrogen) atoms. The van der Waals surface area contributed by atoms with Gasteiger partial charge in [0.05, 0.1) is 11.9 Å². The average Bonchev–Trinajstić information content (AvgIpc) is 2.30. The molecule has 0 N–H and O–H groups in total. The molecule has 2 heterocycles. The van der Waals surface area contributed by atoms with Crippen LogP contribution in [-0.4, -0.2) is 19.9 Å². The van der Waals surface area contributed by atoms with E-state index < -0.39 is 0 Å². The maximum atomic E-state index is 4.45. The molecular weight excluding hydrogens is 268 g/mol. The first-order chi connectivity index (χ1) is 7.79. The van der Waals surface area contributed by atoms with Crippen molar-refractivity contribution in [3.63, 3.8) is 0 Å². The van der Waals surface area contributed by atoms with Crippen molar-refractivity contribution >= 4 is 15.9 Å². The van der Waals surface area contributed by atoms with Gasteiger partial charge in [0, 0.05) is 18.8 Å². The molecule has 2 aromatic rings. The Bertz CT molecular complexity index is 473. The molecule has 0 aliphatic carbocycles. The normalized spacial score (nSPS) is 10.4. The highest BCUT2D eigenvalue weighted by atomic mass is 79.9. The standard InChI is InChI=1S/C11H11BrN4/c1-2-3-11-15-8(6-10(12)16-11)9-7-13-4-5-14-9/h4-7H,2-3H2,1H3. The molecule has 5 heteroatoms. The number of hydrogen-bond donors (Lipinski definition) is 0. The van der Waals surface area contributed by atoms with Crippen LogP contribution < -0.4 is 0 Å². The summed E-state index contributed by atoms with van der Waals surface area (Å²) >= 11 is 3.38. The van der Waals surface area contributed by atoms with E-state index in [1.54, 1.807) is 18.6 Å². The van der Waals surface area contributed by atoms with Crippen LogP contribution in [-0.2, 0) is 6.42 Å². The van der Waals surface area contributed by atoms with Gasteiger partial charge in [0.25, 0.3) is 0 Å². The van der Waals surface area contributed by atoms with Crippen LogP contribution in [0, 0.1) is 0 Å². The summed E-state index contributed by atoms with van der Waals surface area (Å²) in [6, 6.07) is 1.85. The Hall–Kier alpha value is -1.36. The molecular formula is C11H11BrN4. The van der Waals surface area contributed by atoms with E-state index in [1.807, 2.05) is 6.07 Å². The van der Waals surface area contributed by atoms with Crippen LogP contribution in [0.15, 0.2) is 29.3 Å². The number of nitrogens with zero attached hydrogens (tertiary/aromatic N) is 4. The van der Waals surface area contributed by atoms with Gasteiger partial charge in [0.2, 0.25) is 0 Å². The van der Waals surface area contributed by atoms with E-state index in [4.69, 9.17) is 0 Å². The van der Waals surface area contributed by atoms with Gasteiger partial charge in [-0.05, 0) is 28.4 Å². The van der Waals surface area contributed by atoms with Gasteiger partial charge in [-0.3, -0.25) is 9.97 Å². The summed E-state index contributed by atoms with van der Waals surface area (Å²) in [6.45, 7) is 2.10. The summed E-state index contributed by atoms with van der Waals surface area (Å²) in [5.41, 5.74) is 1.57. The van der Waals surface area contributed by atoms with E-state index in [9.17, 15) is 0 Å². The zero-order chi connectivity index (χ0) is 11.4. The van der Waals surface area contributed by atoms with Crippen LogP contribution in [0.1, 0.15) is 19.2 Å². The fraction of sp³-hybridized carbons (Fsp3) is 0.273. The molecule has 0 radical (unpaired) electrons. The molecule has 82 valence electrons. The van der Waals surface area contributed by atoms with Crippen molar-refractivity contribution in [3.05, 3.63) is 35.1 Å². The third kappa shape index (κ3) is 2.61. The van der Waals surface area contributed by atoms with Crippen LogP contribution in [0.4, 0.5) is 0 Å². The molecule has 4 nitrogen and oxygen atoms in total. The topological polar surface area (TPSA) is 51.6 Å². The molecule has 0 aromatic carbocycles. The van der Waals surface area contributed by atoms with Crippen molar-refractivity contribution < 1.29 is 0 Å². The van der Waals surface area contributed by atoms with Crippen LogP contribution in [0.5, 0.6) is 0 Å². The smallest absolute Gasteiger partial charge is 0.130 e. The molecule has 0 saturated carbocycles. The molecule has 0 atom stereocenters. The van der Waals surface area contributed by atoms with Crippen molar-refractivity contribution in [2.24, 2.45) is 0 Å². The maximum Gasteiger partial charge on any atom is 0.130 e. The Morgan fingerprint density at radius 3 is 2.75 bits per heavy atom.